The number of carbonyl (C=O) groups excluding carboxylic acids is 2. The van der Waals surface area contributed by atoms with Gasteiger partial charge in [0.1, 0.15) is 5.82 Å². The van der Waals surface area contributed by atoms with Crippen LogP contribution in [0.1, 0.15) is 22.5 Å². The Labute approximate surface area is 144 Å². The van der Waals surface area contributed by atoms with Crippen molar-refractivity contribution in [2.24, 2.45) is 5.73 Å². The smallest absolute Gasteiger partial charge is 0.274 e. The lowest BCUT2D eigenvalue weighted by atomic mass is 10.1. The molecule has 25 heavy (non-hydrogen) atoms. The predicted octanol–water partition coefficient (Wildman–Crippen LogP) is 1.04. The molecule has 0 bridgehead atoms. The Kier molecular flexibility index (Phi) is 4.80. The molecule has 132 valence electrons. The molecule has 8 heteroatoms. The van der Waals surface area contributed by atoms with Crippen molar-refractivity contribution < 1.29 is 18.7 Å². The summed E-state index contributed by atoms with van der Waals surface area (Å²) in [4.78, 5) is 25.5. The van der Waals surface area contributed by atoms with Crippen LogP contribution in [0.25, 0.3) is 5.69 Å². The van der Waals surface area contributed by atoms with Crippen molar-refractivity contribution in [1.29, 1.82) is 0 Å². The summed E-state index contributed by atoms with van der Waals surface area (Å²) in [6, 6.07) is 5.56. The van der Waals surface area contributed by atoms with Crippen molar-refractivity contribution in [3.8, 4) is 5.69 Å². The van der Waals surface area contributed by atoms with Crippen molar-refractivity contribution in [3.05, 3.63) is 47.5 Å². The van der Waals surface area contributed by atoms with Crippen LogP contribution in [0.2, 0.25) is 0 Å². The Morgan fingerprint density at radius 2 is 2.20 bits per heavy atom. The minimum absolute atomic E-state index is 0.0452. The number of benzene rings is 1. The van der Waals surface area contributed by atoms with Crippen LogP contribution in [0.15, 0.2) is 30.5 Å². The fourth-order valence-electron chi connectivity index (χ4n) is 2.92. The summed E-state index contributed by atoms with van der Waals surface area (Å²) in [6.07, 6.45) is 1.69. The van der Waals surface area contributed by atoms with Crippen molar-refractivity contribution in [1.82, 2.24) is 14.7 Å². The van der Waals surface area contributed by atoms with Gasteiger partial charge in [-0.05, 0) is 36.8 Å². The molecule has 7 nitrogen and oxygen atoms in total. The van der Waals surface area contributed by atoms with Crippen LogP contribution >= 0.6 is 0 Å². The molecule has 3 rings (SSSR count). The van der Waals surface area contributed by atoms with Crippen LogP contribution < -0.4 is 5.73 Å². The zero-order valence-corrected chi connectivity index (χ0v) is 13.8. The first-order valence-corrected chi connectivity index (χ1v) is 7.95. The SMILES string of the molecule is Cc1cc(F)ccc1-n1ccc(C(=O)N2CCOCC2CC(N)=O)n1. The van der Waals surface area contributed by atoms with Crippen LogP contribution in [0.3, 0.4) is 0 Å². The first kappa shape index (κ1) is 17.1. The van der Waals surface area contributed by atoms with Gasteiger partial charge in [0, 0.05) is 19.2 Å². The van der Waals surface area contributed by atoms with Crippen molar-refractivity contribution in [2.75, 3.05) is 19.8 Å². The van der Waals surface area contributed by atoms with Gasteiger partial charge in [0.25, 0.3) is 5.91 Å². The molecule has 0 radical (unpaired) electrons. The van der Waals surface area contributed by atoms with Crippen LogP contribution in [-0.2, 0) is 9.53 Å². The molecule has 1 atom stereocenters. The van der Waals surface area contributed by atoms with Gasteiger partial charge in [0.2, 0.25) is 5.91 Å². The number of aryl methyl sites for hydroxylation is 1. The molecular formula is C17H19FN4O3. The molecule has 2 aromatic rings. The van der Waals surface area contributed by atoms with Crippen molar-refractivity contribution in [3.63, 3.8) is 0 Å². The number of nitrogens with two attached hydrogens (primary N) is 1. The number of hydrogen-bond acceptors (Lipinski definition) is 4. The quantitative estimate of drug-likeness (QED) is 0.895. The molecular weight excluding hydrogens is 327 g/mol. The molecule has 0 aliphatic carbocycles. The fourth-order valence-corrected chi connectivity index (χ4v) is 2.92. The number of ether oxygens (including phenoxy) is 1. The van der Waals surface area contributed by atoms with Crippen LogP contribution in [0.5, 0.6) is 0 Å². The molecule has 1 aromatic carbocycles. The number of carbonyl (C=O) groups is 2. The van der Waals surface area contributed by atoms with Gasteiger partial charge in [0.15, 0.2) is 5.69 Å². The fraction of sp³-hybridized carbons (Fsp3) is 0.353. The Bertz CT molecular complexity index is 805. The number of halogens is 1. The highest BCUT2D eigenvalue weighted by atomic mass is 19.1. The maximum absolute atomic E-state index is 13.2. The van der Waals surface area contributed by atoms with Gasteiger partial charge in [0.05, 0.1) is 24.9 Å². The lowest BCUT2D eigenvalue weighted by Crippen LogP contribution is -2.50. The Balaban J connectivity index is 1.83. The zero-order valence-electron chi connectivity index (χ0n) is 13.8. The molecule has 1 fully saturated rings. The minimum Gasteiger partial charge on any atom is -0.377 e. The average molecular weight is 346 g/mol. The number of morpholine rings is 1. The molecule has 1 saturated heterocycles. The van der Waals surface area contributed by atoms with E-state index in [4.69, 9.17) is 10.5 Å². The number of primary amides is 1. The second kappa shape index (κ2) is 7.02. The maximum atomic E-state index is 13.2. The normalized spacial score (nSPS) is 17.5. The van der Waals surface area contributed by atoms with E-state index < -0.39 is 11.9 Å². The average Bonchev–Trinajstić information content (AvgIpc) is 3.04. The van der Waals surface area contributed by atoms with Crippen molar-refractivity contribution >= 4 is 11.8 Å². The third kappa shape index (κ3) is 3.69. The van der Waals surface area contributed by atoms with E-state index in [1.165, 1.54) is 16.8 Å². The van der Waals surface area contributed by atoms with E-state index in [-0.39, 0.29) is 30.4 Å². The van der Waals surface area contributed by atoms with Gasteiger partial charge in [-0.25, -0.2) is 9.07 Å². The number of amides is 2. The lowest BCUT2D eigenvalue weighted by molar-refractivity contribution is -0.120. The summed E-state index contributed by atoms with van der Waals surface area (Å²) in [5.41, 5.74) is 6.90. The van der Waals surface area contributed by atoms with Crippen LogP contribution in [0, 0.1) is 12.7 Å². The van der Waals surface area contributed by atoms with Gasteiger partial charge in [-0.3, -0.25) is 9.59 Å². The van der Waals surface area contributed by atoms with Gasteiger partial charge in [-0.2, -0.15) is 5.10 Å². The zero-order chi connectivity index (χ0) is 18.0. The molecule has 1 aromatic heterocycles. The second-order valence-electron chi connectivity index (χ2n) is 5.97. The van der Waals surface area contributed by atoms with E-state index in [0.29, 0.717) is 24.4 Å². The standard InChI is InChI=1S/C17H19FN4O3/c1-11-8-12(18)2-3-15(11)22-5-4-14(20-22)17(24)21-6-7-25-10-13(21)9-16(19)23/h2-5,8,13H,6-7,9-10H2,1H3,(H2,19,23). The third-order valence-electron chi connectivity index (χ3n) is 4.14. The minimum atomic E-state index is -0.485. The van der Waals surface area contributed by atoms with Crippen molar-refractivity contribution in [2.45, 2.75) is 19.4 Å². The maximum Gasteiger partial charge on any atom is 0.274 e. The number of nitrogens with zero attached hydrogens (tertiary/aromatic N) is 3. The van der Waals surface area contributed by atoms with Gasteiger partial charge >= 0.3 is 0 Å². The summed E-state index contributed by atoms with van der Waals surface area (Å²) in [7, 11) is 0. The summed E-state index contributed by atoms with van der Waals surface area (Å²) < 4.78 is 20.1. The number of hydrogen-bond donors (Lipinski definition) is 1. The number of aromatic nitrogens is 2. The molecule has 2 N–H and O–H groups in total. The molecule has 0 saturated carbocycles. The summed E-state index contributed by atoms with van der Waals surface area (Å²) >= 11 is 0. The molecule has 1 aliphatic rings. The van der Waals surface area contributed by atoms with E-state index in [1.807, 2.05) is 0 Å². The monoisotopic (exact) mass is 346 g/mol. The Hall–Kier alpha value is -2.74. The van der Waals surface area contributed by atoms with E-state index in [1.54, 1.807) is 30.2 Å². The van der Waals surface area contributed by atoms with Crippen LogP contribution in [0.4, 0.5) is 4.39 Å². The van der Waals surface area contributed by atoms with E-state index in [2.05, 4.69) is 5.10 Å². The highest BCUT2D eigenvalue weighted by Gasteiger charge is 2.30. The van der Waals surface area contributed by atoms with E-state index in [0.717, 1.165) is 0 Å². The topological polar surface area (TPSA) is 90.5 Å². The Morgan fingerprint density at radius 1 is 1.40 bits per heavy atom. The highest BCUT2D eigenvalue weighted by molar-refractivity contribution is 5.93. The molecule has 2 heterocycles. The van der Waals surface area contributed by atoms with Gasteiger partial charge < -0.3 is 15.4 Å². The summed E-state index contributed by atoms with van der Waals surface area (Å²) in [5.74, 6) is -1.10. The molecule has 2 amide bonds. The van der Waals surface area contributed by atoms with Crippen LogP contribution in [-0.4, -0.2) is 52.3 Å². The van der Waals surface area contributed by atoms with Gasteiger partial charge in [-0.1, -0.05) is 0 Å². The number of rotatable bonds is 4. The highest BCUT2D eigenvalue weighted by Crippen LogP contribution is 2.17. The van der Waals surface area contributed by atoms with E-state index >= 15 is 0 Å². The molecule has 1 unspecified atom stereocenters. The Morgan fingerprint density at radius 3 is 2.92 bits per heavy atom. The first-order chi connectivity index (χ1) is 12.0. The second-order valence-corrected chi connectivity index (χ2v) is 5.97. The largest absolute Gasteiger partial charge is 0.377 e. The third-order valence-corrected chi connectivity index (χ3v) is 4.14. The lowest BCUT2D eigenvalue weighted by Gasteiger charge is -2.34. The summed E-state index contributed by atoms with van der Waals surface area (Å²) in [5, 5.41) is 4.31. The predicted molar refractivity (Wildman–Crippen MR) is 87.7 cm³/mol. The first-order valence-electron chi connectivity index (χ1n) is 7.95. The van der Waals surface area contributed by atoms with Gasteiger partial charge in [-0.15, -0.1) is 0 Å². The summed E-state index contributed by atoms with van der Waals surface area (Å²) in [6.45, 7) is 2.82. The molecule has 1 aliphatic heterocycles. The van der Waals surface area contributed by atoms with E-state index in [9.17, 15) is 14.0 Å². The molecule has 0 spiro atoms.